The Morgan fingerprint density at radius 1 is 1.19 bits per heavy atom. The van der Waals surface area contributed by atoms with Gasteiger partial charge < -0.3 is 9.47 Å². The quantitative estimate of drug-likeness (QED) is 0.825. The highest BCUT2D eigenvalue weighted by atomic mass is 35.5. The Hall–Kier alpha value is -1.68. The molecule has 5 heteroatoms. The van der Waals surface area contributed by atoms with Crippen LogP contribution < -0.4 is 9.47 Å². The summed E-state index contributed by atoms with van der Waals surface area (Å²) in [6.07, 6.45) is 1.54. The normalized spacial score (nSPS) is 10.2. The number of hydrogen-bond donors (Lipinski definition) is 0. The lowest BCUT2D eigenvalue weighted by Gasteiger charge is -2.05. The summed E-state index contributed by atoms with van der Waals surface area (Å²) in [7, 11) is 3.41. The molecule has 0 radical (unpaired) electrons. The van der Waals surface area contributed by atoms with E-state index in [2.05, 4.69) is 4.98 Å². The van der Waals surface area contributed by atoms with E-state index in [1.165, 1.54) is 0 Å². The first-order chi connectivity index (χ1) is 7.70. The molecule has 0 saturated heterocycles. The molecule has 2 aromatic rings. The van der Waals surface area contributed by atoms with Gasteiger partial charge in [-0.1, -0.05) is 11.6 Å². The smallest absolute Gasteiger partial charge is 0.302 e. The van der Waals surface area contributed by atoms with Crippen molar-refractivity contribution in [2.75, 3.05) is 7.11 Å². The van der Waals surface area contributed by atoms with E-state index in [4.69, 9.17) is 21.1 Å². The van der Waals surface area contributed by atoms with E-state index in [0.29, 0.717) is 16.9 Å². The fourth-order valence-electron chi connectivity index (χ4n) is 1.22. The van der Waals surface area contributed by atoms with Gasteiger partial charge in [0.25, 0.3) is 0 Å². The molecule has 0 saturated carbocycles. The molecule has 84 valence electrons. The van der Waals surface area contributed by atoms with Gasteiger partial charge in [-0.2, -0.15) is 0 Å². The predicted molar refractivity (Wildman–Crippen MR) is 61.3 cm³/mol. The van der Waals surface area contributed by atoms with Crippen LogP contribution in [0.4, 0.5) is 0 Å². The lowest BCUT2D eigenvalue weighted by molar-refractivity contribution is 0.407. The molecule has 2 rings (SSSR count). The van der Waals surface area contributed by atoms with E-state index in [1.54, 1.807) is 37.1 Å². The van der Waals surface area contributed by atoms with Crippen molar-refractivity contribution in [3.05, 3.63) is 35.6 Å². The van der Waals surface area contributed by atoms with Gasteiger partial charge in [-0.05, 0) is 24.3 Å². The average molecular weight is 239 g/mol. The first kappa shape index (κ1) is 10.8. The molecular weight excluding hydrogens is 228 g/mol. The van der Waals surface area contributed by atoms with E-state index >= 15 is 0 Å². The molecular formula is C11H11ClN2O2. The molecule has 1 heterocycles. The third-order valence-electron chi connectivity index (χ3n) is 2.16. The number of benzene rings is 1. The van der Waals surface area contributed by atoms with Crippen LogP contribution in [0.25, 0.3) is 0 Å². The summed E-state index contributed by atoms with van der Waals surface area (Å²) in [5.74, 6) is 1.47. The summed E-state index contributed by atoms with van der Waals surface area (Å²) in [6, 6.07) is 7.71. The zero-order chi connectivity index (χ0) is 11.5. The van der Waals surface area contributed by atoms with Crippen molar-refractivity contribution in [2.45, 2.75) is 0 Å². The number of nitrogens with zero attached hydrogens (tertiary/aromatic N) is 2. The molecule has 0 fully saturated rings. The highest BCUT2D eigenvalue weighted by Gasteiger charge is 2.06. The minimum Gasteiger partial charge on any atom is -0.497 e. The van der Waals surface area contributed by atoms with Gasteiger partial charge in [-0.3, -0.25) is 4.57 Å². The lowest BCUT2D eigenvalue weighted by Crippen LogP contribution is -1.94. The molecule has 16 heavy (non-hydrogen) atoms. The average Bonchev–Trinajstić information content (AvgIpc) is 2.62. The Kier molecular flexibility index (Phi) is 3.01. The highest BCUT2D eigenvalue weighted by Crippen LogP contribution is 2.24. The first-order valence-electron chi connectivity index (χ1n) is 4.70. The van der Waals surface area contributed by atoms with Crippen LogP contribution in [0.15, 0.2) is 30.5 Å². The molecule has 0 aliphatic carbocycles. The van der Waals surface area contributed by atoms with Crippen LogP contribution in [0.3, 0.4) is 0 Å². The maximum Gasteiger partial charge on any atom is 0.302 e. The number of rotatable bonds is 3. The van der Waals surface area contributed by atoms with Gasteiger partial charge in [0, 0.05) is 7.05 Å². The molecule has 1 aromatic heterocycles. The van der Waals surface area contributed by atoms with E-state index in [9.17, 15) is 0 Å². The fourth-order valence-corrected chi connectivity index (χ4v) is 1.34. The van der Waals surface area contributed by atoms with Crippen molar-refractivity contribution in [3.8, 4) is 17.5 Å². The Bertz CT molecular complexity index is 479. The largest absolute Gasteiger partial charge is 0.497 e. The van der Waals surface area contributed by atoms with Crippen LogP contribution in [0.5, 0.6) is 17.5 Å². The van der Waals surface area contributed by atoms with Gasteiger partial charge in [-0.15, -0.1) is 0 Å². The summed E-state index contributed by atoms with van der Waals surface area (Å²) in [5.41, 5.74) is 0. The first-order valence-corrected chi connectivity index (χ1v) is 5.07. The second-order valence-electron chi connectivity index (χ2n) is 3.20. The van der Waals surface area contributed by atoms with Crippen LogP contribution in [-0.2, 0) is 7.05 Å². The molecule has 0 aliphatic rings. The molecule has 0 amide bonds. The van der Waals surface area contributed by atoms with Gasteiger partial charge in [0.15, 0.2) is 0 Å². The van der Waals surface area contributed by atoms with E-state index in [-0.39, 0.29) is 0 Å². The fraction of sp³-hybridized carbons (Fsp3) is 0.182. The summed E-state index contributed by atoms with van der Waals surface area (Å²) in [4.78, 5) is 4.03. The topological polar surface area (TPSA) is 36.3 Å². The van der Waals surface area contributed by atoms with Crippen molar-refractivity contribution in [3.63, 3.8) is 0 Å². The van der Waals surface area contributed by atoms with Crippen LogP contribution in [0, 0.1) is 0 Å². The van der Waals surface area contributed by atoms with Gasteiger partial charge in [0.1, 0.15) is 16.7 Å². The van der Waals surface area contributed by atoms with Crippen LogP contribution in [0.2, 0.25) is 5.15 Å². The zero-order valence-electron chi connectivity index (χ0n) is 8.98. The number of halogens is 1. The summed E-state index contributed by atoms with van der Waals surface area (Å²) in [6.45, 7) is 0. The van der Waals surface area contributed by atoms with Gasteiger partial charge in [0.2, 0.25) is 0 Å². The number of methoxy groups -OCH3 is 1. The zero-order valence-corrected chi connectivity index (χ0v) is 9.73. The lowest BCUT2D eigenvalue weighted by atomic mass is 10.3. The highest BCUT2D eigenvalue weighted by molar-refractivity contribution is 6.29. The third-order valence-corrected chi connectivity index (χ3v) is 2.51. The second kappa shape index (κ2) is 4.45. The molecule has 0 bridgehead atoms. The third kappa shape index (κ3) is 2.12. The van der Waals surface area contributed by atoms with Gasteiger partial charge >= 0.3 is 6.01 Å². The predicted octanol–water partition coefficient (Wildman–Crippen LogP) is 2.87. The molecule has 0 N–H and O–H groups in total. The number of hydrogen-bond acceptors (Lipinski definition) is 3. The van der Waals surface area contributed by atoms with Gasteiger partial charge in [-0.25, -0.2) is 4.98 Å². The summed E-state index contributed by atoms with van der Waals surface area (Å²) >= 11 is 5.84. The summed E-state index contributed by atoms with van der Waals surface area (Å²) < 4.78 is 12.2. The van der Waals surface area contributed by atoms with Crippen molar-refractivity contribution < 1.29 is 9.47 Å². The number of imidazole rings is 1. The van der Waals surface area contributed by atoms with Crippen LogP contribution in [0.1, 0.15) is 0 Å². The van der Waals surface area contributed by atoms with Crippen molar-refractivity contribution in [1.29, 1.82) is 0 Å². The SMILES string of the molecule is COc1ccc(Oc2ncc(Cl)n2C)cc1. The molecule has 0 spiro atoms. The maximum absolute atomic E-state index is 5.84. The number of ether oxygens (including phenoxy) is 2. The standard InChI is InChI=1S/C11H11ClN2O2/c1-14-10(12)7-13-11(14)16-9-5-3-8(15-2)4-6-9/h3-7H,1-2H3. The molecule has 0 atom stereocenters. The monoisotopic (exact) mass is 238 g/mol. The van der Waals surface area contributed by atoms with Crippen molar-refractivity contribution >= 4 is 11.6 Å². The Morgan fingerprint density at radius 3 is 2.31 bits per heavy atom. The van der Waals surface area contributed by atoms with Crippen molar-refractivity contribution in [2.24, 2.45) is 7.05 Å². The number of aromatic nitrogens is 2. The van der Waals surface area contributed by atoms with E-state index < -0.39 is 0 Å². The molecule has 0 aliphatic heterocycles. The minimum atomic E-state index is 0.454. The second-order valence-corrected chi connectivity index (χ2v) is 3.59. The molecule has 1 aromatic carbocycles. The Morgan fingerprint density at radius 2 is 1.81 bits per heavy atom. The van der Waals surface area contributed by atoms with E-state index in [1.807, 2.05) is 12.1 Å². The van der Waals surface area contributed by atoms with Crippen molar-refractivity contribution in [1.82, 2.24) is 9.55 Å². The van der Waals surface area contributed by atoms with E-state index in [0.717, 1.165) is 5.75 Å². The molecule has 4 nitrogen and oxygen atoms in total. The maximum atomic E-state index is 5.84. The van der Waals surface area contributed by atoms with Crippen LogP contribution >= 0.6 is 11.6 Å². The van der Waals surface area contributed by atoms with Gasteiger partial charge in [0.05, 0.1) is 13.3 Å². The van der Waals surface area contributed by atoms with Crippen LogP contribution in [-0.4, -0.2) is 16.7 Å². The Labute approximate surface area is 98.4 Å². The summed E-state index contributed by atoms with van der Waals surface area (Å²) in [5, 5.41) is 0.531. The Balaban J connectivity index is 2.17. The minimum absolute atomic E-state index is 0.454. The molecule has 0 unspecified atom stereocenters.